The van der Waals surface area contributed by atoms with Crippen LogP contribution in [0, 0.1) is 0 Å². The molecular weight excluding hydrogens is 264 g/mol. The molecule has 8 N–H and O–H groups in total. The van der Waals surface area contributed by atoms with Gasteiger partial charge in [-0.15, -0.1) is 0 Å². The fourth-order valence-electron chi connectivity index (χ4n) is 0. The number of hydrogen-bond donors (Lipinski definition) is 4. The third-order valence-electron chi connectivity index (χ3n) is 0.333. The van der Waals surface area contributed by atoms with Gasteiger partial charge in [-0.25, -0.2) is 0 Å². The molecule has 0 fully saturated rings. The molecule has 0 aliphatic rings. The van der Waals surface area contributed by atoms with E-state index in [0.717, 1.165) is 0 Å². The molecule has 93 valence electrons. The maximum Gasteiger partial charge on any atom is 2.00 e. The van der Waals surface area contributed by atoms with Gasteiger partial charge in [0.1, 0.15) is 0 Å². The maximum atomic E-state index is 8.52. The Morgan fingerprint density at radius 3 is 0.857 bits per heavy atom. The van der Waals surface area contributed by atoms with Crippen LogP contribution in [-0.2, 0) is 27.5 Å². The van der Waals surface area contributed by atoms with E-state index in [4.69, 9.17) is 40.5 Å². The Balaban J connectivity index is -0.0000000522. The molecule has 0 aromatic heterocycles. The predicted molar refractivity (Wildman–Crippen MR) is 46.7 cm³/mol. The van der Waals surface area contributed by atoms with Gasteiger partial charge in [0, 0.05) is 36.6 Å². The monoisotopic (exact) mass is 279 g/mol. The second kappa shape index (κ2) is 18.9. The minimum absolute atomic E-state index is 0. The van der Waals surface area contributed by atoms with Crippen molar-refractivity contribution in [3.8, 4) is 0 Å². The Morgan fingerprint density at radius 2 is 0.857 bits per heavy atom. The molecule has 1 radical (unpaired) electrons. The number of hydrogen-bond acceptors (Lipinski definition) is 8. The maximum absolute atomic E-state index is 8.52. The molecule has 0 saturated carbocycles. The first-order valence-electron chi connectivity index (χ1n) is 3.30. The smallest absolute Gasteiger partial charge is 0.759 e. The predicted octanol–water partition coefficient (Wildman–Crippen LogP) is -3.53. The van der Waals surface area contributed by atoms with Gasteiger partial charge in [-0.3, -0.25) is 8.42 Å². The molecule has 0 unspecified atom stereocenters. The minimum Gasteiger partial charge on any atom is -0.759 e. The van der Waals surface area contributed by atoms with Gasteiger partial charge < -0.3 is 32.0 Å². The number of nitrogens with two attached hydrogens (primary N) is 4. The molecule has 8 nitrogen and oxygen atoms in total. The van der Waals surface area contributed by atoms with Crippen LogP contribution in [0.1, 0.15) is 0 Å². The topological polar surface area (TPSA) is 184 Å². The van der Waals surface area contributed by atoms with Gasteiger partial charge >= 0.3 is 17.1 Å². The van der Waals surface area contributed by atoms with Gasteiger partial charge in [0.05, 0.1) is 0 Å². The normalized spacial score (nSPS) is 8.43. The Hall–Kier alpha value is 0.229. The zero-order valence-corrected chi connectivity index (χ0v) is 9.24. The molecule has 0 atom stereocenters. The minimum atomic E-state index is -5.17. The second-order valence-electron chi connectivity index (χ2n) is 1.56. The third kappa shape index (κ3) is 310. The Morgan fingerprint density at radius 1 is 0.786 bits per heavy atom. The molecule has 0 aromatic rings. The Labute approximate surface area is 94.4 Å². The zero-order valence-electron chi connectivity index (χ0n) is 7.48. The summed E-state index contributed by atoms with van der Waals surface area (Å²) in [5, 5.41) is 0. The van der Waals surface area contributed by atoms with Crippen molar-refractivity contribution < 1.29 is 34.6 Å². The van der Waals surface area contributed by atoms with E-state index in [-0.39, 0.29) is 17.1 Å². The summed E-state index contributed by atoms with van der Waals surface area (Å²) in [4.78, 5) is 0. The second-order valence-corrected chi connectivity index (χ2v) is 2.38. The van der Waals surface area contributed by atoms with Crippen molar-refractivity contribution >= 4 is 10.4 Å². The van der Waals surface area contributed by atoms with Crippen LogP contribution < -0.4 is 22.9 Å². The molecule has 0 amide bonds. The quantitative estimate of drug-likeness (QED) is 0.227. The van der Waals surface area contributed by atoms with E-state index in [1.807, 2.05) is 0 Å². The molecule has 0 aliphatic carbocycles. The molecule has 0 aromatic carbocycles. The fraction of sp³-hybridized carbons (Fsp3) is 1.00. The summed E-state index contributed by atoms with van der Waals surface area (Å²) < 4.78 is 34.1. The van der Waals surface area contributed by atoms with Crippen molar-refractivity contribution in [2.45, 2.75) is 0 Å². The van der Waals surface area contributed by atoms with Crippen LogP contribution in [0.5, 0.6) is 0 Å². The van der Waals surface area contributed by atoms with Crippen LogP contribution in [0.15, 0.2) is 0 Å². The van der Waals surface area contributed by atoms with Gasteiger partial charge in [0.15, 0.2) is 0 Å². The first kappa shape index (κ1) is 23.8. The van der Waals surface area contributed by atoms with E-state index in [1.165, 1.54) is 0 Å². The van der Waals surface area contributed by atoms with Crippen LogP contribution >= 0.6 is 0 Å². The summed E-state index contributed by atoms with van der Waals surface area (Å²) in [5.74, 6) is 0. The van der Waals surface area contributed by atoms with E-state index in [1.54, 1.807) is 0 Å². The number of rotatable bonds is 2. The fourth-order valence-corrected chi connectivity index (χ4v) is 0. The van der Waals surface area contributed by atoms with Crippen LogP contribution in [0.2, 0.25) is 0 Å². The van der Waals surface area contributed by atoms with E-state index in [9.17, 15) is 0 Å². The Kier molecular flexibility index (Phi) is 32.1. The van der Waals surface area contributed by atoms with Crippen molar-refractivity contribution in [2.75, 3.05) is 26.2 Å². The van der Waals surface area contributed by atoms with Crippen molar-refractivity contribution in [3.63, 3.8) is 0 Å². The van der Waals surface area contributed by atoms with Crippen molar-refractivity contribution in [1.82, 2.24) is 0 Å². The summed E-state index contributed by atoms with van der Waals surface area (Å²) in [7, 11) is -5.17. The van der Waals surface area contributed by atoms with Crippen molar-refractivity contribution in [3.05, 3.63) is 0 Å². The van der Waals surface area contributed by atoms with Gasteiger partial charge in [-0.1, -0.05) is 0 Å². The Bertz CT molecular complexity index is 149. The summed E-state index contributed by atoms with van der Waals surface area (Å²) in [6.07, 6.45) is 0. The standard InChI is InChI=1S/2C2H8N2.Cu.H2O4S/c2*3-1-2-4;;1-5(2,3)4/h2*1-4H2;;(H2,1,2,3,4)/q;;+2;/p-2. The van der Waals surface area contributed by atoms with E-state index < -0.39 is 10.4 Å². The zero-order chi connectivity index (χ0) is 11.3. The summed E-state index contributed by atoms with van der Waals surface area (Å²) in [6, 6.07) is 0. The van der Waals surface area contributed by atoms with E-state index in [0.29, 0.717) is 26.2 Å². The largest absolute Gasteiger partial charge is 2.00 e. The first-order chi connectivity index (χ1) is 5.83. The average molecular weight is 280 g/mol. The first-order valence-corrected chi connectivity index (χ1v) is 4.63. The van der Waals surface area contributed by atoms with Crippen LogP contribution in [0.3, 0.4) is 0 Å². The van der Waals surface area contributed by atoms with Crippen LogP contribution in [0.4, 0.5) is 0 Å². The molecule has 0 rings (SSSR count). The van der Waals surface area contributed by atoms with Gasteiger partial charge in [-0.2, -0.15) is 0 Å². The van der Waals surface area contributed by atoms with Crippen molar-refractivity contribution in [2.24, 2.45) is 22.9 Å². The molecule has 10 heteroatoms. The molecular formula is C4H16CuN4O4S. The van der Waals surface area contributed by atoms with Gasteiger partial charge in [0.2, 0.25) is 0 Å². The van der Waals surface area contributed by atoms with Gasteiger partial charge in [0.25, 0.3) is 0 Å². The molecule has 0 saturated heterocycles. The SMILES string of the molecule is NCCN.NCCN.O=S(=O)([O-])[O-].[Cu+2]. The average Bonchev–Trinajstić information content (AvgIpc) is 2.01. The third-order valence-corrected chi connectivity index (χ3v) is 0.333. The van der Waals surface area contributed by atoms with Crippen LogP contribution in [-0.4, -0.2) is 43.7 Å². The molecule has 0 aliphatic heterocycles. The van der Waals surface area contributed by atoms with Gasteiger partial charge in [-0.05, 0) is 0 Å². The molecule has 14 heavy (non-hydrogen) atoms. The molecule has 0 heterocycles. The summed E-state index contributed by atoms with van der Waals surface area (Å²) in [5.41, 5.74) is 19.6. The summed E-state index contributed by atoms with van der Waals surface area (Å²) >= 11 is 0. The van der Waals surface area contributed by atoms with Crippen LogP contribution in [0.25, 0.3) is 0 Å². The van der Waals surface area contributed by atoms with E-state index >= 15 is 0 Å². The molecule has 0 spiro atoms. The summed E-state index contributed by atoms with van der Waals surface area (Å²) in [6.45, 7) is 2.39. The van der Waals surface area contributed by atoms with E-state index in [2.05, 4.69) is 0 Å². The molecule has 0 bridgehead atoms. The van der Waals surface area contributed by atoms with Crippen molar-refractivity contribution in [1.29, 1.82) is 0 Å².